The Morgan fingerprint density at radius 3 is 2.67 bits per heavy atom. The van der Waals surface area contributed by atoms with Gasteiger partial charge in [-0.25, -0.2) is 4.39 Å². The Morgan fingerprint density at radius 2 is 2.00 bits per heavy atom. The van der Waals surface area contributed by atoms with Gasteiger partial charge in [0.25, 0.3) is 0 Å². The summed E-state index contributed by atoms with van der Waals surface area (Å²) in [5.41, 5.74) is 2.33. The van der Waals surface area contributed by atoms with Crippen molar-refractivity contribution in [2.75, 3.05) is 0 Å². The molecule has 0 radical (unpaired) electrons. The predicted octanol–water partition coefficient (Wildman–Crippen LogP) is 4.06. The van der Waals surface area contributed by atoms with Crippen molar-refractivity contribution in [3.05, 3.63) is 70.0 Å². The Morgan fingerprint density at radius 1 is 1.22 bits per heavy atom. The summed E-state index contributed by atoms with van der Waals surface area (Å²) in [6, 6.07) is 12.1. The first-order valence-corrected chi connectivity index (χ1v) is 6.12. The molecule has 0 aliphatic heterocycles. The van der Waals surface area contributed by atoms with Crippen LogP contribution >= 0.6 is 11.6 Å². The van der Waals surface area contributed by atoms with Gasteiger partial charge < -0.3 is 5.11 Å². The van der Waals surface area contributed by atoms with Crippen molar-refractivity contribution in [2.45, 2.75) is 19.4 Å². The van der Waals surface area contributed by atoms with Gasteiger partial charge in [0.2, 0.25) is 0 Å². The Balaban J connectivity index is 2.18. The summed E-state index contributed by atoms with van der Waals surface area (Å²) in [7, 11) is 0. The number of rotatable bonds is 3. The van der Waals surface area contributed by atoms with Gasteiger partial charge in [-0.1, -0.05) is 47.5 Å². The molecule has 0 bridgehead atoms. The third-order valence-electron chi connectivity index (χ3n) is 2.86. The molecule has 1 unspecified atom stereocenters. The minimum Gasteiger partial charge on any atom is -0.388 e. The highest BCUT2D eigenvalue weighted by Crippen LogP contribution is 2.22. The van der Waals surface area contributed by atoms with Gasteiger partial charge in [-0.15, -0.1) is 0 Å². The number of halogens is 2. The van der Waals surface area contributed by atoms with E-state index in [9.17, 15) is 9.50 Å². The molecule has 0 aliphatic carbocycles. The van der Waals surface area contributed by atoms with Crippen LogP contribution in [0, 0.1) is 12.7 Å². The number of benzene rings is 2. The Hall–Kier alpha value is -1.38. The molecule has 2 aromatic rings. The minimum absolute atomic E-state index is 0.243. The maximum absolute atomic E-state index is 13.6. The number of aliphatic hydroxyl groups excluding tert-OH is 1. The average Bonchev–Trinajstić information content (AvgIpc) is 2.32. The Bertz CT molecular complexity index is 554. The van der Waals surface area contributed by atoms with E-state index in [1.165, 1.54) is 6.07 Å². The smallest absolute Gasteiger partial charge is 0.127 e. The molecule has 2 aromatic carbocycles. The molecule has 0 aromatic heterocycles. The first-order valence-electron chi connectivity index (χ1n) is 5.75. The minimum atomic E-state index is -0.708. The summed E-state index contributed by atoms with van der Waals surface area (Å²) in [6.45, 7) is 1.96. The third-order valence-corrected chi connectivity index (χ3v) is 3.09. The quantitative estimate of drug-likeness (QED) is 0.886. The highest BCUT2D eigenvalue weighted by Gasteiger charge is 2.12. The average molecular weight is 265 g/mol. The molecule has 1 N–H and O–H groups in total. The normalized spacial score (nSPS) is 12.4. The number of hydrogen-bond donors (Lipinski definition) is 1. The second-order valence-corrected chi connectivity index (χ2v) is 4.81. The highest BCUT2D eigenvalue weighted by atomic mass is 35.5. The van der Waals surface area contributed by atoms with Crippen LogP contribution in [0.2, 0.25) is 5.02 Å². The zero-order valence-electron chi connectivity index (χ0n) is 10.0. The molecular formula is C15H14ClFO. The molecule has 0 fully saturated rings. The van der Waals surface area contributed by atoms with Crippen LogP contribution in [0.4, 0.5) is 4.39 Å². The lowest BCUT2D eigenvalue weighted by Crippen LogP contribution is -2.03. The van der Waals surface area contributed by atoms with Gasteiger partial charge in [0, 0.05) is 11.4 Å². The van der Waals surface area contributed by atoms with Gasteiger partial charge in [-0.2, -0.15) is 0 Å². The first kappa shape index (κ1) is 13.1. The zero-order valence-corrected chi connectivity index (χ0v) is 10.8. The third kappa shape index (κ3) is 3.09. The van der Waals surface area contributed by atoms with Gasteiger partial charge in [0.1, 0.15) is 5.82 Å². The second kappa shape index (κ2) is 5.51. The Labute approximate surface area is 111 Å². The highest BCUT2D eigenvalue weighted by molar-refractivity contribution is 6.30. The van der Waals surface area contributed by atoms with Crippen molar-refractivity contribution in [1.29, 1.82) is 0 Å². The fourth-order valence-electron chi connectivity index (χ4n) is 1.89. The van der Waals surface area contributed by atoms with Crippen molar-refractivity contribution in [1.82, 2.24) is 0 Å². The van der Waals surface area contributed by atoms with Gasteiger partial charge in [0.05, 0.1) is 6.10 Å². The maximum atomic E-state index is 13.6. The number of hydrogen-bond acceptors (Lipinski definition) is 1. The van der Waals surface area contributed by atoms with E-state index >= 15 is 0 Å². The standard InChI is InChI=1S/C15H14ClFO/c1-10-3-2-4-12(7-10)15(18)8-11-5-6-13(16)9-14(11)17/h2-7,9,15,18H,8H2,1H3. The van der Waals surface area contributed by atoms with Gasteiger partial charge in [0.15, 0.2) is 0 Å². The summed E-state index contributed by atoms with van der Waals surface area (Å²) in [6.07, 6.45) is -0.465. The van der Waals surface area contributed by atoms with Crippen LogP contribution in [0.5, 0.6) is 0 Å². The lowest BCUT2D eigenvalue weighted by atomic mass is 10.00. The summed E-state index contributed by atoms with van der Waals surface area (Å²) < 4.78 is 13.6. The Kier molecular flexibility index (Phi) is 4.00. The largest absolute Gasteiger partial charge is 0.388 e. The molecule has 1 atom stereocenters. The fraction of sp³-hybridized carbons (Fsp3) is 0.200. The van der Waals surface area contributed by atoms with Gasteiger partial charge >= 0.3 is 0 Å². The fourth-order valence-corrected chi connectivity index (χ4v) is 2.05. The van der Waals surface area contributed by atoms with E-state index in [4.69, 9.17) is 11.6 Å². The SMILES string of the molecule is Cc1cccc(C(O)Cc2ccc(Cl)cc2F)c1. The molecule has 3 heteroatoms. The summed E-state index contributed by atoms with van der Waals surface area (Å²) >= 11 is 5.69. The molecule has 18 heavy (non-hydrogen) atoms. The topological polar surface area (TPSA) is 20.2 Å². The summed E-state index contributed by atoms with van der Waals surface area (Å²) in [5.74, 6) is -0.380. The van der Waals surface area contributed by atoms with Crippen LogP contribution < -0.4 is 0 Å². The van der Waals surface area contributed by atoms with E-state index in [0.29, 0.717) is 10.6 Å². The van der Waals surface area contributed by atoms with E-state index in [1.54, 1.807) is 12.1 Å². The van der Waals surface area contributed by atoms with Crippen LogP contribution in [0.3, 0.4) is 0 Å². The predicted molar refractivity (Wildman–Crippen MR) is 71.3 cm³/mol. The molecule has 94 valence electrons. The lowest BCUT2D eigenvalue weighted by Gasteiger charge is -2.12. The van der Waals surface area contributed by atoms with E-state index < -0.39 is 6.10 Å². The van der Waals surface area contributed by atoms with E-state index in [2.05, 4.69) is 0 Å². The van der Waals surface area contributed by atoms with Crippen LogP contribution in [-0.2, 0) is 6.42 Å². The molecule has 1 nitrogen and oxygen atoms in total. The van der Waals surface area contributed by atoms with Gasteiger partial charge in [-0.3, -0.25) is 0 Å². The van der Waals surface area contributed by atoms with Crippen LogP contribution in [0.15, 0.2) is 42.5 Å². The molecular weight excluding hydrogens is 251 g/mol. The molecule has 0 aliphatic rings. The van der Waals surface area contributed by atoms with Crippen molar-refractivity contribution in [3.8, 4) is 0 Å². The van der Waals surface area contributed by atoms with Gasteiger partial charge in [-0.05, 0) is 30.2 Å². The monoisotopic (exact) mass is 264 g/mol. The molecule has 0 spiro atoms. The van der Waals surface area contributed by atoms with Crippen LogP contribution in [0.25, 0.3) is 0 Å². The van der Waals surface area contributed by atoms with Crippen molar-refractivity contribution < 1.29 is 9.50 Å². The van der Waals surface area contributed by atoms with Crippen molar-refractivity contribution in [3.63, 3.8) is 0 Å². The molecule has 0 heterocycles. The lowest BCUT2D eigenvalue weighted by molar-refractivity contribution is 0.177. The maximum Gasteiger partial charge on any atom is 0.127 e. The van der Waals surface area contributed by atoms with Crippen LogP contribution in [0.1, 0.15) is 22.8 Å². The van der Waals surface area contributed by atoms with E-state index in [1.807, 2.05) is 31.2 Å². The summed E-state index contributed by atoms with van der Waals surface area (Å²) in [4.78, 5) is 0. The summed E-state index contributed by atoms with van der Waals surface area (Å²) in [5, 5.41) is 10.5. The second-order valence-electron chi connectivity index (χ2n) is 4.37. The first-order chi connectivity index (χ1) is 8.56. The molecule has 0 amide bonds. The molecule has 2 rings (SSSR count). The van der Waals surface area contributed by atoms with Crippen molar-refractivity contribution >= 4 is 11.6 Å². The molecule has 0 saturated heterocycles. The number of aryl methyl sites for hydroxylation is 1. The zero-order chi connectivity index (χ0) is 13.1. The van der Waals surface area contributed by atoms with E-state index in [-0.39, 0.29) is 12.2 Å². The van der Waals surface area contributed by atoms with Crippen molar-refractivity contribution in [2.24, 2.45) is 0 Å². The van der Waals surface area contributed by atoms with E-state index in [0.717, 1.165) is 11.1 Å². The van der Waals surface area contributed by atoms with Crippen LogP contribution in [-0.4, -0.2) is 5.11 Å². The molecule has 0 saturated carbocycles. The number of aliphatic hydroxyl groups is 1.